The van der Waals surface area contributed by atoms with Gasteiger partial charge in [0.2, 0.25) is 5.91 Å². The maximum atomic E-state index is 12.4. The highest BCUT2D eigenvalue weighted by Crippen LogP contribution is 2.12. The number of methoxy groups -OCH3 is 2. The van der Waals surface area contributed by atoms with E-state index in [-0.39, 0.29) is 18.5 Å². The van der Waals surface area contributed by atoms with Gasteiger partial charge in [0.05, 0.1) is 0 Å². The fourth-order valence-electron chi connectivity index (χ4n) is 4.32. The lowest BCUT2D eigenvalue weighted by Crippen LogP contribution is -2.48. The molecule has 6 nitrogen and oxygen atoms in total. The molecule has 0 aliphatic heterocycles. The monoisotopic (exact) mass is 499 g/mol. The molecule has 208 valence electrons. The number of nitrogens with one attached hydrogen (secondary N) is 1. The van der Waals surface area contributed by atoms with Crippen LogP contribution in [0.15, 0.2) is 0 Å². The quantitative estimate of drug-likeness (QED) is 0.0759. The van der Waals surface area contributed by atoms with Crippen molar-refractivity contribution < 1.29 is 23.8 Å². The normalized spacial score (nSPS) is 12.1. The van der Waals surface area contributed by atoms with Gasteiger partial charge in [0.15, 0.2) is 6.29 Å². The van der Waals surface area contributed by atoms with Crippen LogP contribution in [0.3, 0.4) is 0 Å². The smallest absolute Gasteiger partial charge is 0.305 e. The zero-order chi connectivity index (χ0) is 26.0. The molecule has 0 aromatic heterocycles. The Balaban J connectivity index is 4.03. The van der Waals surface area contributed by atoms with E-state index in [9.17, 15) is 9.59 Å². The zero-order valence-electron chi connectivity index (χ0n) is 23.5. The van der Waals surface area contributed by atoms with Crippen molar-refractivity contribution in [2.24, 2.45) is 0 Å². The number of hydrogen-bond acceptors (Lipinski definition) is 5. The first-order valence-electron chi connectivity index (χ1n) is 14.6. The summed E-state index contributed by atoms with van der Waals surface area (Å²) in [6, 6.07) is -0.511. The molecule has 0 aromatic carbocycles. The number of rotatable bonds is 26. The second-order valence-electron chi connectivity index (χ2n) is 9.85. The van der Waals surface area contributed by atoms with Crippen LogP contribution >= 0.6 is 0 Å². The molecule has 0 aliphatic rings. The van der Waals surface area contributed by atoms with E-state index in [0.717, 1.165) is 25.7 Å². The molecule has 0 saturated heterocycles. The summed E-state index contributed by atoms with van der Waals surface area (Å²) in [5, 5.41) is 2.94. The minimum absolute atomic E-state index is 0.0490. The predicted molar refractivity (Wildman–Crippen MR) is 144 cm³/mol. The average molecular weight is 500 g/mol. The van der Waals surface area contributed by atoms with Gasteiger partial charge in [-0.3, -0.25) is 9.59 Å². The lowest BCUT2D eigenvalue weighted by atomic mass is 10.1. The van der Waals surface area contributed by atoms with Gasteiger partial charge in [-0.15, -0.1) is 0 Å². The molecule has 0 saturated carbocycles. The number of hydrogen-bond donors (Lipinski definition) is 1. The fourth-order valence-corrected chi connectivity index (χ4v) is 4.32. The second kappa shape index (κ2) is 25.9. The molecule has 1 atom stereocenters. The molecule has 0 aliphatic carbocycles. The third-order valence-corrected chi connectivity index (χ3v) is 6.56. The lowest BCUT2D eigenvalue weighted by molar-refractivity contribution is -0.158. The van der Waals surface area contributed by atoms with Crippen molar-refractivity contribution in [3.8, 4) is 0 Å². The maximum absolute atomic E-state index is 12.4. The Bertz CT molecular complexity index is 482. The Labute approximate surface area is 216 Å². The fraction of sp³-hybridized carbons (Fsp3) is 0.931. The summed E-state index contributed by atoms with van der Waals surface area (Å²) in [7, 11) is 3.05. The summed E-state index contributed by atoms with van der Waals surface area (Å²) in [6.07, 6.45) is 22.1. The minimum Gasteiger partial charge on any atom is -0.463 e. The average Bonchev–Trinajstić information content (AvgIpc) is 2.85. The maximum Gasteiger partial charge on any atom is 0.305 e. The number of ether oxygens (including phenoxy) is 3. The highest BCUT2D eigenvalue weighted by Gasteiger charge is 2.24. The summed E-state index contributed by atoms with van der Waals surface area (Å²) in [5.41, 5.74) is 0. The van der Waals surface area contributed by atoms with Crippen molar-refractivity contribution in [1.29, 1.82) is 0 Å². The van der Waals surface area contributed by atoms with Gasteiger partial charge in [-0.2, -0.15) is 0 Å². The van der Waals surface area contributed by atoms with E-state index >= 15 is 0 Å². The van der Waals surface area contributed by atoms with Crippen LogP contribution in [0.4, 0.5) is 0 Å². The third kappa shape index (κ3) is 21.8. The van der Waals surface area contributed by atoms with Crippen LogP contribution < -0.4 is 5.32 Å². The number of carbonyl (C=O) groups excluding carboxylic acids is 2. The molecule has 1 N–H and O–H groups in total. The summed E-state index contributed by atoms with van der Waals surface area (Å²) >= 11 is 0. The van der Waals surface area contributed by atoms with E-state index in [0.29, 0.717) is 12.8 Å². The van der Waals surface area contributed by atoms with Gasteiger partial charge in [0, 0.05) is 27.1 Å². The standard InChI is InChI=1S/C29H57NO5/c1-5-7-9-11-13-15-17-19-21-23-27(31)30-26(29(33-3)34-4)25-35-28(32)24-22-20-18-16-14-12-10-8-6-2/h26,29H,5-25H2,1-4H3,(H,30,31). The van der Waals surface area contributed by atoms with E-state index in [1.54, 1.807) is 0 Å². The number of esters is 1. The van der Waals surface area contributed by atoms with Gasteiger partial charge < -0.3 is 19.5 Å². The predicted octanol–water partition coefficient (Wildman–Crippen LogP) is 7.48. The SMILES string of the molecule is CCCCCCCCCCCC(=O)NC(COC(=O)CCCCCCCCCCC)C(OC)OC. The van der Waals surface area contributed by atoms with E-state index in [1.807, 2.05) is 0 Å². The molecule has 0 aromatic rings. The van der Waals surface area contributed by atoms with Crippen LogP contribution in [0, 0.1) is 0 Å². The Morgan fingerprint density at radius 1 is 0.600 bits per heavy atom. The Morgan fingerprint density at radius 3 is 1.43 bits per heavy atom. The molecule has 35 heavy (non-hydrogen) atoms. The van der Waals surface area contributed by atoms with Crippen molar-refractivity contribution in [3.05, 3.63) is 0 Å². The van der Waals surface area contributed by atoms with Crippen LogP contribution in [-0.4, -0.2) is 45.0 Å². The summed E-state index contributed by atoms with van der Waals surface area (Å²) in [4.78, 5) is 24.6. The molecule has 0 radical (unpaired) electrons. The first-order valence-corrected chi connectivity index (χ1v) is 14.6. The van der Waals surface area contributed by atoms with Gasteiger partial charge in [0.25, 0.3) is 0 Å². The first kappa shape index (κ1) is 33.9. The Kier molecular flexibility index (Phi) is 25.1. The van der Waals surface area contributed by atoms with Crippen molar-refractivity contribution in [2.45, 2.75) is 155 Å². The van der Waals surface area contributed by atoms with Crippen LogP contribution in [0.2, 0.25) is 0 Å². The second-order valence-corrected chi connectivity index (χ2v) is 9.85. The van der Waals surface area contributed by atoms with Crippen LogP contribution in [0.5, 0.6) is 0 Å². The molecule has 0 heterocycles. The summed E-state index contributed by atoms with van der Waals surface area (Å²) in [6.45, 7) is 4.53. The van der Waals surface area contributed by atoms with Gasteiger partial charge >= 0.3 is 5.97 Å². The first-order chi connectivity index (χ1) is 17.1. The highest BCUT2D eigenvalue weighted by molar-refractivity contribution is 5.76. The minimum atomic E-state index is -0.650. The number of amides is 1. The molecule has 1 unspecified atom stereocenters. The molecule has 0 spiro atoms. The molecule has 0 bridgehead atoms. The van der Waals surface area contributed by atoms with Crippen LogP contribution in [0.1, 0.15) is 142 Å². The van der Waals surface area contributed by atoms with Crippen molar-refractivity contribution in [3.63, 3.8) is 0 Å². The molecule has 0 fully saturated rings. The number of unbranched alkanes of at least 4 members (excludes halogenated alkanes) is 16. The molecule has 0 rings (SSSR count). The Morgan fingerprint density at radius 2 is 1.00 bits per heavy atom. The van der Waals surface area contributed by atoms with Crippen molar-refractivity contribution in [1.82, 2.24) is 5.32 Å². The summed E-state index contributed by atoms with van der Waals surface area (Å²) in [5.74, 6) is -0.274. The third-order valence-electron chi connectivity index (χ3n) is 6.56. The van der Waals surface area contributed by atoms with Crippen molar-refractivity contribution >= 4 is 11.9 Å². The van der Waals surface area contributed by atoms with Crippen LogP contribution in [0.25, 0.3) is 0 Å². The van der Waals surface area contributed by atoms with E-state index in [1.165, 1.54) is 104 Å². The van der Waals surface area contributed by atoms with Gasteiger partial charge in [0.1, 0.15) is 12.6 Å². The lowest BCUT2D eigenvalue weighted by Gasteiger charge is -2.25. The molecular formula is C29H57NO5. The summed E-state index contributed by atoms with van der Waals surface area (Å²) < 4.78 is 16.1. The van der Waals surface area contributed by atoms with E-state index in [4.69, 9.17) is 14.2 Å². The largest absolute Gasteiger partial charge is 0.463 e. The molecule has 1 amide bonds. The number of carbonyl (C=O) groups is 2. The van der Waals surface area contributed by atoms with E-state index in [2.05, 4.69) is 19.2 Å². The van der Waals surface area contributed by atoms with Crippen molar-refractivity contribution in [2.75, 3.05) is 20.8 Å². The highest BCUT2D eigenvalue weighted by atomic mass is 16.7. The van der Waals surface area contributed by atoms with Crippen LogP contribution in [-0.2, 0) is 23.8 Å². The van der Waals surface area contributed by atoms with Gasteiger partial charge in [-0.25, -0.2) is 0 Å². The van der Waals surface area contributed by atoms with Gasteiger partial charge in [-0.1, -0.05) is 117 Å². The topological polar surface area (TPSA) is 73.9 Å². The Hall–Kier alpha value is -1.14. The zero-order valence-corrected chi connectivity index (χ0v) is 23.5. The van der Waals surface area contributed by atoms with Gasteiger partial charge in [-0.05, 0) is 12.8 Å². The molecule has 6 heteroatoms. The molecular weight excluding hydrogens is 442 g/mol. The van der Waals surface area contributed by atoms with E-state index < -0.39 is 12.3 Å².